The number of benzene rings is 2. The Morgan fingerprint density at radius 3 is 2.31 bits per heavy atom. The topological polar surface area (TPSA) is 35.2 Å². The molecule has 0 saturated carbocycles. The number of aryl methyl sites for hydroxylation is 2. The van der Waals surface area contributed by atoms with Crippen LogP contribution < -0.4 is 10.5 Å². The highest BCUT2D eigenvalue weighted by Gasteiger charge is 1.99. The molecule has 0 aliphatic heterocycles. The second-order valence-corrected chi connectivity index (χ2v) is 3.92. The summed E-state index contributed by atoms with van der Waals surface area (Å²) < 4.78 is 5.72. The molecule has 0 aromatic heterocycles. The van der Waals surface area contributed by atoms with Gasteiger partial charge in [-0.1, -0.05) is 12.1 Å². The molecule has 0 unspecified atom stereocenters. The predicted molar refractivity (Wildman–Crippen MR) is 66.8 cm³/mol. The number of rotatable bonds is 2. The van der Waals surface area contributed by atoms with Crippen LogP contribution in [0.4, 0.5) is 5.69 Å². The predicted octanol–water partition coefficient (Wildman–Crippen LogP) is 3.68. The van der Waals surface area contributed by atoms with Gasteiger partial charge in [0.25, 0.3) is 0 Å². The average Bonchev–Trinajstić information content (AvgIpc) is 2.24. The van der Waals surface area contributed by atoms with Crippen LogP contribution in [0.1, 0.15) is 11.1 Å². The van der Waals surface area contributed by atoms with Crippen LogP contribution in [0.5, 0.6) is 11.5 Å². The van der Waals surface area contributed by atoms with E-state index in [4.69, 9.17) is 10.5 Å². The van der Waals surface area contributed by atoms with Crippen molar-refractivity contribution in [2.75, 3.05) is 5.73 Å². The SMILES string of the molecule is Cc1ccc(Oc2cccc(N)c2)cc1C. The van der Waals surface area contributed by atoms with Crippen molar-refractivity contribution in [3.8, 4) is 11.5 Å². The number of nitrogens with two attached hydrogens (primary N) is 1. The van der Waals surface area contributed by atoms with Crippen LogP contribution in [0.25, 0.3) is 0 Å². The molecule has 2 N–H and O–H groups in total. The highest BCUT2D eigenvalue weighted by molar-refractivity contribution is 5.45. The summed E-state index contributed by atoms with van der Waals surface area (Å²) in [6.45, 7) is 4.15. The maximum Gasteiger partial charge on any atom is 0.129 e. The Kier molecular flexibility index (Phi) is 2.82. The van der Waals surface area contributed by atoms with Crippen molar-refractivity contribution in [3.63, 3.8) is 0 Å². The Balaban J connectivity index is 2.24. The lowest BCUT2D eigenvalue weighted by Gasteiger charge is -2.08. The lowest BCUT2D eigenvalue weighted by molar-refractivity contribution is 0.482. The fourth-order valence-corrected chi connectivity index (χ4v) is 1.49. The minimum absolute atomic E-state index is 0.710. The molecule has 0 radical (unpaired) electrons. The van der Waals surface area contributed by atoms with Gasteiger partial charge in [0.2, 0.25) is 0 Å². The van der Waals surface area contributed by atoms with Gasteiger partial charge in [-0.2, -0.15) is 0 Å². The first kappa shape index (κ1) is 10.6. The Bertz CT molecular complexity index is 506. The van der Waals surface area contributed by atoms with Gasteiger partial charge in [0, 0.05) is 11.8 Å². The Hall–Kier alpha value is -1.96. The summed E-state index contributed by atoms with van der Waals surface area (Å²) in [4.78, 5) is 0. The Labute approximate surface area is 95.7 Å². The molecule has 2 aromatic carbocycles. The number of anilines is 1. The zero-order chi connectivity index (χ0) is 11.5. The molecule has 0 atom stereocenters. The summed E-state index contributed by atoms with van der Waals surface area (Å²) in [7, 11) is 0. The third-order valence-electron chi connectivity index (χ3n) is 2.57. The zero-order valence-electron chi connectivity index (χ0n) is 9.53. The normalized spacial score (nSPS) is 10.1. The Morgan fingerprint density at radius 2 is 1.62 bits per heavy atom. The number of hydrogen-bond acceptors (Lipinski definition) is 2. The van der Waals surface area contributed by atoms with Crippen LogP contribution in [0.3, 0.4) is 0 Å². The molecule has 0 bridgehead atoms. The molecule has 2 nitrogen and oxygen atoms in total. The van der Waals surface area contributed by atoms with Crippen molar-refractivity contribution in [1.82, 2.24) is 0 Å². The van der Waals surface area contributed by atoms with E-state index in [1.807, 2.05) is 36.4 Å². The maximum absolute atomic E-state index is 5.72. The molecule has 0 aliphatic carbocycles. The molecule has 0 aliphatic rings. The van der Waals surface area contributed by atoms with E-state index in [9.17, 15) is 0 Å². The summed E-state index contributed by atoms with van der Waals surface area (Å²) in [5.74, 6) is 1.61. The van der Waals surface area contributed by atoms with Crippen molar-refractivity contribution in [1.29, 1.82) is 0 Å². The van der Waals surface area contributed by atoms with Crippen LogP contribution in [-0.2, 0) is 0 Å². The largest absolute Gasteiger partial charge is 0.457 e. The van der Waals surface area contributed by atoms with Crippen LogP contribution in [0.2, 0.25) is 0 Å². The van der Waals surface area contributed by atoms with E-state index in [2.05, 4.69) is 19.9 Å². The third-order valence-corrected chi connectivity index (χ3v) is 2.57. The zero-order valence-corrected chi connectivity index (χ0v) is 9.53. The van der Waals surface area contributed by atoms with Crippen LogP contribution in [0, 0.1) is 13.8 Å². The lowest BCUT2D eigenvalue weighted by Crippen LogP contribution is -1.89. The van der Waals surface area contributed by atoms with Gasteiger partial charge in [-0.25, -0.2) is 0 Å². The van der Waals surface area contributed by atoms with E-state index >= 15 is 0 Å². The molecule has 2 rings (SSSR count). The summed E-state index contributed by atoms with van der Waals surface area (Å²) in [6.07, 6.45) is 0. The number of nitrogen functional groups attached to an aromatic ring is 1. The van der Waals surface area contributed by atoms with E-state index < -0.39 is 0 Å². The molecule has 0 spiro atoms. The lowest BCUT2D eigenvalue weighted by atomic mass is 10.1. The van der Waals surface area contributed by atoms with Crippen molar-refractivity contribution in [2.45, 2.75) is 13.8 Å². The molecule has 0 fully saturated rings. The molecule has 0 heterocycles. The van der Waals surface area contributed by atoms with E-state index in [0.29, 0.717) is 5.69 Å². The monoisotopic (exact) mass is 213 g/mol. The van der Waals surface area contributed by atoms with Crippen LogP contribution in [-0.4, -0.2) is 0 Å². The summed E-state index contributed by atoms with van der Waals surface area (Å²) >= 11 is 0. The van der Waals surface area contributed by atoms with Crippen molar-refractivity contribution >= 4 is 5.69 Å². The van der Waals surface area contributed by atoms with Crippen LogP contribution >= 0.6 is 0 Å². The van der Waals surface area contributed by atoms with Gasteiger partial charge < -0.3 is 10.5 Å². The van der Waals surface area contributed by atoms with Crippen molar-refractivity contribution < 1.29 is 4.74 Å². The highest BCUT2D eigenvalue weighted by Crippen LogP contribution is 2.24. The average molecular weight is 213 g/mol. The first-order valence-electron chi connectivity index (χ1n) is 5.26. The van der Waals surface area contributed by atoms with Crippen molar-refractivity contribution in [3.05, 3.63) is 53.6 Å². The van der Waals surface area contributed by atoms with Crippen molar-refractivity contribution in [2.24, 2.45) is 0 Å². The second kappa shape index (κ2) is 4.27. The fourth-order valence-electron chi connectivity index (χ4n) is 1.49. The quantitative estimate of drug-likeness (QED) is 0.772. The van der Waals surface area contributed by atoms with Gasteiger partial charge in [0.15, 0.2) is 0 Å². The summed E-state index contributed by atoms with van der Waals surface area (Å²) in [5.41, 5.74) is 8.88. The first-order valence-corrected chi connectivity index (χ1v) is 5.26. The standard InChI is InChI=1S/C14H15NO/c1-10-6-7-14(8-11(10)2)16-13-5-3-4-12(15)9-13/h3-9H,15H2,1-2H3. The summed E-state index contributed by atoms with van der Waals surface area (Å²) in [6, 6.07) is 13.5. The molecule has 0 saturated heterocycles. The van der Waals surface area contributed by atoms with Crippen LogP contribution in [0.15, 0.2) is 42.5 Å². The molecule has 2 aromatic rings. The molecular formula is C14H15NO. The van der Waals surface area contributed by atoms with Gasteiger partial charge in [0.05, 0.1) is 0 Å². The summed E-state index contributed by atoms with van der Waals surface area (Å²) in [5, 5.41) is 0. The van der Waals surface area contributed by atoms with E-state index in [1.54, 1.807) is 0 Å². The van der Waals surface area contributed by atoms with E-state index in [-0.39, 0.29) is 0 Å². The Morgan fingerprint density at radius 1 is 0.875 bits per heavy atom. The smallest absolute Gasteiger partial charge is 0.129 e. The highest BCUT2D eigenvalue weighted by atomic mass is 16.5. The maximum atomic E-state index is 5.72. The molecule has 0 amide bonds. The molecule has 16 heavy (non-hydrogen) atoms. The first-order chi connectivity index (χ1) is 7.65. The molecular weight excluding hydrogens is 198 g/mol. The van der Waals surface area contributed by atoms with E-state index in [1.165, 1.54) is 11.1 Å². The number of hydrogen-bond donors (Lipinski definition) is 1. The molecule has 2 heteroatoms. The minimum atomic E-state index is 0.710. The number of ether oxygens (including phenoxy) is 1. The van der Waals surface area contributed by atoms with Gasteiger partial charge in [0.1, 0.15) is 11.5 Å². The van der Waals surface area contributed by atoms with Gasteiger partial charge in [-0.05, 0) is 49.2 Å². The van der Waals surface area contributed by atoms with Gasteiger partial charge >= 0.3 is 0 Å². The second-order valence-electron chi connectivity index (χ2n) is 3.92. The van der Waals surface area contributed by atoms with Gasteiger partial charge in [-0.15, -0.1) is 0 Å². The van der Waals surface area contributed by atoms with Gasteiger partial charge in [-0.3, -0.25) is 0 Å². The van der Waals surface area contributed by atoms with E-state index in [0.717, 1.165) is 11.5 Å². The fraction of sp³-hybridized carbons (Fsp3) is 0.143. The molecule has 82 valence electrons. The third kappa shape index (κ3) is 2.34. The minimum Gasteiger partial charge on any atom is -0.457 e.